The average molecular weight is 600 g/mol. The van der Waals surface area contributed by atoms with Crippen LogP contribution in [0.1, 0.15) is 45.1 Å². The number of amides is 3. The van der Waals surface area contributed by atoms with Gasteiger partial charge in [0.05, 0.1) is 30.6 Å². The molecule has 3 heterocycles. The maximum Gasteiger partial charge on any atom is 0.248 e. The van der Waals surface area contributed by atoms with Crippen molar-refractivity contribution in [3.05, 3.63) is 91.5 Å². The maximum absolute atomic E-state index is 14.8. The molecule has 0 radical (unpaired) electrons. The number of hydrogen-bond donors (Lipinski definition) is 1. The standard InChI is InChI=1S/C36H45N3O5/c1-5-14-25(4)37(21-6-2)35(43)32-36-20-19-29(44-36)30(33(41)38(22-7-3)27-17-12-9-13-18-27)31(36)34(42)39(32)28(24-40)23-26-15-10-8-11-16-26/h6-13,15-18,25,28-32,40H,2-3,5,14,19-24H2,1,4H3/t25?,28-,29+,30-,31+,32?,36?/m1/s1. The van der Waals surface area contributed by atoms with Gasteiger partial charge in [-0.05, 0) is 50.3 Å². The first-order valence-corrected chi connectivity index (χ1v) is 15.9. The molecular weight excluding hydrogens is 554 g/mol. The minimum atomic E-state index is -1.16. The molecule has 1 N–H and O–H groups in total. The smallest absolute Gasteiger partial charge is 0.248 e. The molecule has 2 aromatic carbocycles. The highest BCUT2D eigenvalue weighted by Gasteiger charge is 2.75. The first kappa shape index (κ1) is 31.7. The van der Waals surface area contributed by atoms with Gasteiger partial charge in [-0.25, -0.2) is 0 Å². The van der Waals surface area contributed by atoms with Crippen molar-refractivity contribution in [2.75, 3.05) is 24.6 Å². The topological polar surface area (TPSA) is 90.4 Å². The summed E-state index contributed by atoms with van der Waals surface area (Å²) in [6.45, 7) is 12.1. The van der Waals surface area contributed by atoms with Crippen molar-refractivity contribution in [3.8, 4) is 0 Å². The Hall–Kier alpha value is -3.75. The van der Waals surface area contributed by atoms with Crippen LogP contribution in [0.25, 0.3) is 0 Å². The number of hydrogen-bond acceptors (Lipinski definition) is 5. The molecule has 0 aliphatic carbocycles. The van der Waals surface area contributed by atoms with Crippen molar-refractivity contribution in [3.63, 3.8) is 0 Å². The van der Waals surface area contributed by atoms with Crippen LogP contribution in [0.5, 0.6) is 0 Å². The fourth-order valence-electron chi connectivity index (χ4n) is 7.78. The van der Waals surface area contributed by atoms with Crippen molar-refractivity contribution >= 4 is 23.4 Å². The maximum atomic E-state index is 14.8. The summed E-state index contributed by atoms with van der Waals surface area (Å²) in [6, 6.07) is 17.3. The number of aliphatic hydroxyl groups excluding tert-OH is 1. The van der Waals surface area contributed by atoms with E-state index in [4.69, 9.17) is 4.74 Å². The number of likely N-dealkylation sites (tertiary alicyclic amines) is 1. The summed E-state index contributed by atoms with van der Waals surface area (Å²) < 4.78 is 6.74. The Kier molecular flexibility index (Phi) is 9.71. The lowest BCUT2D eigenvalue weighted by molar-refractivity contribution is -0.152. The van der Waals surface area contributed by atoms with Crippen molar-refractivity contribution in [2.45, 2.75) is 75.8 Å². The quantitative estimate of drug-likeness (QED) is 0.326. The summed E-state index contributed by atoms with van der Waals surface area (Å²) in [5.41, 5.74) is 0.499. The summed E-state index contributed by atoms with van der Waals surface area (Å²) in [5, 5.41) is 10.8. The Morgan fingerprint density at radius 2 is 1.73 bits per heavy atom. The lowest BCUT2D eigenvalue weighted by atomic mass is 9.70. The largest absolute Gasteiger partial charge is 0.394 e. The van der Waals surface area contributed by atoms with Crippen LogP contribution in [0, 0.1) is 11.8 Å². The minimum absolute atomic E-state index is 0.0863. The van der Waals surface area contributed by atoms with Gasteiger partial charge in [-0.15, -0.1) is 13.2 Å². The zero-order valence-corrected chi connectivity index (χ0v) is 25.9. The first-order chi connectivity index (χ1) is 21.3. The average Bonchev–Trinajstić information content (AvgIpc) is 3.69. The molecule has 0 aromatic heterocycles. The van der Waals surface area contributed by atoms with Gasteiger partial charge < -0.3 is 24.5 Å². The molecule has 234 valence electrons. The molecule has 3 unspecified atom stereocenters. The van der Waals surface area contributed by atoms with Crippen LogP contribution >= 0.6 is 0 Å². The summed E-state index contributed by atoms with van der Waals surface area (Å²) in [6.07, 6.45) is 6.03. The number of benzene rings is 2. The van der Waals surface area contributed by atoms with Gasteiger partial charge in [0.1, 0.15) is 11.6 Å². The predicted molar refractivity (Wildman–Crippen MR) is 171 cm³/mol. The van der Waals surface area contributed by atoms with Gasteiger partial charge in [0.15, 0.2) is 0 Å². The molecule has 44 heavy (non-hydrogen) atoms. The van der Waals surface area contributed by atoms with Crippen LogP contribution in [0.4, 0.5) is 5.69 Å². The van der Waals surface area contributed by atoms with E-state index < -0.39 is 35.6 Å². The Morgan fingerprint density at radius 1 is 1.07 bits per heavy atom. The van der Waals surface area contributed by atoms with E-state index in [0.717, 1.165) is 18.4 Å². The third kappa shape index (κ3) is 5.50. The Bertz CT molecular complexity index is 1350. The minimum Gasteiger partial charge on any atom is -0.394 e. The van der Waals surface area contributed by atoms with Gasteiger partial charge in [-0.3, -0.25) is 14.4 Å². The van der Waals surface area contributed by atoms with Crippen LogP contribution in [-0.2, 0) is 25.5 Å². The fraction of sp³-hybridized carbons (Fsp3) is 0.472. The van der Waals surface area contributed by atoms with Crippen molar-refractivity contribution in [1.29, 1.82) is 0 Å². The van der Waals surface area contributed by atoms with Gasteiger partial charge in [-0.2, -0.15) is 0 Å². The van der Waals surface area contributed by atoms with Crippen molar-refractivity contribution in [2.24, 2.45) is 11.8 Å². The highest BCUT2D eigenvalue weighted by molar-refractivity contribution is 6.03. The number of para-hydroxylation sites is 1. The number of aliphatic hydroxyl groups is 1. The second-order valence-corrected chi connectivity index (χ2v) is 12.3. The third-order valence-electron chi connectivity index (χ3n) is 9.67. The number of anilines is 1. The summed E-state index contributed by atoms with van der Waals surface area (Å²) >= 11 is 0. The van der Waals surface area contributed by atoms with E-state index in [-0.39, 0.29) is 36.9 Å². The Labute approximate surface area is 261 Å². The van der Waals surface area contributed by atoms with Crippen molar-refractivity contribution < 1.29 is 24.2 Å². The fourth-order valence-corrected chi connectivity index (χ4v) is 7.78. The SMILES string of the molecule is C=CCN(C(=O)[C@@H]1[C@@H]2CCC3(O2)C(C(=O)N(CC=C)C(C)CCC)N([C@@H](CO)Cc2ccccc2)C(=O)[C@H]13)c1ccccc1. The van der Waals surface area contributed by atoms with Crippen LogP contribution in [-0.4, -0.2) is 82.2 Å². The number of rotatable bonds is 14. The lowest BCUT2D eigenvalue weighted by Crippen LogP contribution is -2.60. The number of nitrogens with zero attached hydrogens (tertiary/aromatic N) is 3. The van der Waals surface area contributed by atoms with Gasteiger partial charge in [0, 0.05) is 24.8 Å². The zero-order valence-electron chi connectivity index (χ0n) is 25.9. The third-order valence-corrected chi connectivity index (χ3v) is 9.67. The monoisotopic (exact) mass is 599 g/mol. The zero-order chi connectivity index (χ0) is 31.4. The molecule has 3 saturated heterocycles. The summed E-state index contributed by atoms with van der Waals surface area (Å²) in [7, 11) is 0. The molecule has 3 aliphatic heterocycles. The van der Waals surface area contributed by atoms with E-state index in [9.17, 15) is 19.5 Å². The first-order valence-electron chi connectivity index (χ1n) is 15.9. The predicted octanol–water partition coefficient (Wildman–Crippen LogP) is 4.39. The Morgan fingerprint density at radius 3 is 2.34 bits per heavy atom. The molecule has 3 fully saturated rings. The van der Waals surface area contributed by atoms with Gasteiger partial charge in [0.25, 0.3) is 0 Å². The number of ether oxygens (including phenoxy) is 1. The molecule has 8 heteroatoms. The van der Waals surface area contributed by atoms with E-state index >= 15 is 0 Å². The molecule has 5 rings (SSSR count). The van der Waals surface area contributed by atoms with Gasteiger partial charge >= 0.3 is 0 Å². The molecule has 2 bridgehead atoms. The molecule has 2 aromatic rings. The van der Waals surface area contributed by atoms with Crippen LogP contribution in [0.15, 0.2) is 86.0 Å². The van der Waals surface area contributed by atoms with E-state index in [2.05, 4.69) is 20.1 Å². The highest BCUT2D eigenvalue weighted by Crippen LogP contribution is 2.59. The van der Waals surface area contributed by atoms with Crippen LogP contribution in [0.2, 0.25) is 0 Å². The van der Waals surface area contributed by atoms with Crippen LogP contribution < -0.4 is 4.90 Å². The molecule has 1 spiro atoms. The number of fused-ring (bicyclic) bond motifs is 1. The van der Waals surface area contributed by atoms with Gasteiger partial charge in [0.2, 0.25) is 17.7 Å². The number of carbonyl (C=O) groups excluding carboxylic acids is 3. The molecule has 3 amide bonds. The molecule has 7 atom stereocenters. The Balaban J connectivity index is 1.59. The summed E-state index contributed by atoms with van der Waals surface area (Å²) in [4.78, 5) is 48.9. The highest BCUT2D eigenvalue weighted by atomic mass is 16.5. The van der Waals surface area contributed by atoms with E-state index in [0.29, 0.717) is 31.5 Å². The lowest BCUT2D eigenvalue weighted by Gasteiger charge is -2.41. The van der Waals surface area contributed by atoms with Gasteiger partial charge in [-0.1, -0.05) is 74.0 Å². The second kappa shape index (κ2) is 13.5. The van der Waals surface area contributed by atoms with E-state index in [1.165, 1.54) is 0 Å². The van der Waals surface area contributed by atoms with Crippen molar-refractivity contribution in [1.82, 2.24) is 9.80 Å². The summed E-state index contributed by atoms with van der Waals surface area (Å²) in [5.74, 6) is -2.32. The van der Waals surface area contributed by atoms with E-state index in [1.807, 2.05) is 67.6 Å². The number of carbonyl (C=O) groups is 3. The van der Waals surface area contributed by atoms with Crippen LogP contribution in [0.3, 0.4) is 0 Å². The molecule has 3 aliphatic rings. The second-order valence-electron chi connectivity index (χ2n) is 12.3. The molecular formula is C36H45N3O5. The normalized spacial score (nSPS) is 26.6. The van der Waals surface area contributed by atoms with E-state index in [1.54, 1.807) is 26.9 Å². The molecule has 0 saturated carbocycles. The molecule has 8 nitrogen and oxygen atoms in total.